The molecule has 4 rings (SSSR count). The average molecular weight is 335 g/mol. The molecule has 4 saturated carbocycles. The summed E-state index contributed by atoms with van der Waals surface area (Å²) in [6.07, 6.45) is 8.58. The van der Waals surface area contributed by atoms with E-state index in [9.17, 15) is 4.79 Å². The van der Waals surface area contributed by atoms with Crippen LogP contribution >= 0.6 is 0 Å². The Morgan fingerprint density at radius 3 is 1.92 bits per heavy atom. The van der Waals surface area contributed by atoms with Crippen molar-refractivity contribution >= 4 is 5.97 Å². The van der Waals surface area contributed by atoms with Crippen LogP contribution in [0.4, 0.5) is 0 Å². The molecule has 0 saturated heterocycles. The summed E-state index contributed by atoms with van der Waals surface area (Å²) in [6.45, 7) is 13.2. The van der Waals surface area contributed by atoms with E-state index in [2.05, 4.69) is 41.5 Å². The van der Waals surface area contributed by atoms with Gasteiger partial charge in [0.05, 0.1) is 5.41 Å². The van der Waals surface area contributed by atoms with Gasteiger partial charge in [0.2, 0.25) is 0 Å². The molecule has 0 radical (unpaired) electrons. The second-order valence-corrected chi connectivity index (χ2v) is 10.2. The van der Waals surface area contributed by atoms with E-state index in [0.29, 0.717) is 23.7 Å². The number of carbonyl (C=O) groups is 1. The first kappa shape index (κ1) is 18.3. The van der Waals surface area contributed by atoms with Gasteiger partial charge in [0.25, 0.3) is 0 Å². The molecular formula is C22H38O2. The van der Waals surface area contributed by atoms with E-state index >= 15 is 0 Å². The van der Waals surface area contributed by atoms with E-state index in [-0.39, 0.29) is 17.0 Å². The fourth-order valence-corrected chi connectivity index (χ4v) is 6.49. The SMILES string of the molecule is CCC1(OC(=O)C(C)(CC(C)C)C(C)C)C2CC3CC(C2)CC1C3. The van der Waals surface area contributed by atoms with E-state index < -0.39 is 0 Å². The molecular weight excluding hydrogens is 296 g/mol. The van der Waals surface area contributed by atoms with Crippen LogP contribution in [0.2, 0.25) is 0 Å². The second-order valence-electron chi connectivity index (χ2n) is 10.2. The minimum Gasteiger partial charge on any atom is -0.458 e. The molecule has 0 aromatic carbocycles. The Kier molecular flexibility index (Phi) is 4.81. The number of ether oxygens (including phenoxy) is 1. The van der Waals surface area contributed by atoms with Gasteiger partial charge in [0, 0.05) is 0 Å². The maximum absolute atomic E-state index is 13.4. The molecule has 2 nitrogen and oxygen atoms in total. The van der Waals surface area contributed by atoms with Gasteiger partial charge in [-0.05, 0) is 87.4 Å². The number of rotatable bonds is 6. The highest BCUT2D eigenvalue weighted by Crippen LogP contribution is 2.61. The Hall–Kier alpha value is -0.530. The van der Waals surface area contributed by atoms with Gasteiger partial charge in [-0.25, -0.2) is 0 Å². The van der Waals surface area contributed by atoms with E-state index in [1.54, 1.807) is 0 Å². The van der Waals surface area contributed by atoms with Gasteiger partial charge in [0.1, 0.15) is 5.60 Å². The summed E-state index contributed by atoms with van der Waals surface area (Å²) in [5.74, 6) is 3.99. The first-order chi connectivity index (χ1) is 11.2. The van der Waals surface area contributed by atoms with Gasteiger partial charge in [-0.3, -0.25) is 4.79 Å². The molecule has 4 aliphatic carbocycles. The summed E-state index contributed by atoms with van der Waals surface area (Å²) in [4.78, 5) is 13.4. The molecule has 0 aliphatic heterocycles. The largest absolute Gasteiger partial charge is 0.458 e. The monoisotopic (exact) mass is 334 g/mol. The van der Waals surface area contributed by atoms with Gasteiger partial charge in [-0.2, -0.15) is 0 Å². The van der Waals surface area contributed by atoms with E-state index in [1.807, 2.05) is 0 Å². The van der Waals surface area contributed by atoms with E-state index in [1.165, 1.54) is 32.1 Å². The van der Waals surface area contributed by atoms with Crippen LogP contribution in [-0.2, 0) is 9.53 Å². The molecule has 138 valence electrons. The lowest BCUT2D eigenvalue weighted by atomic mass is 9.49. The van der Waals surface area contributed by atoms with Crippen LogP contribution in [0.25, 0.3) is 0 Å². The zero-order valence-corrected chi connectivity index (χ0v) is 16.7. The van der Waals surface area contributed by atoms with Crippen molar-refractivity contribution < 1.29 is 9.53 Å². The third-order valence-corrected chi connectivity index (χ3v) is 7.93. The molecule has 0 heterocycles. The highest BCUT2D eigenvalue weighted by Gasteiger charge is 2.59. The minimum atomic E-state index is -0.356. The third-order valence-electron chi connectivity index (χ3n) is 7.93. The zero-order valence-electron chi connectivity index (χ0n) is 16.7. The van der Waals surface area contributed by atoms with E-state index in [0.717, 1.165) is 24.7 Å². The van der Waals surface area contributed by atoms with Crippen LogP contribution in [0.1, 0.15) is 86.5 Å². The summed E-state index contributed by atoms with van der Waals surface area (Å²) in [7, 11) is 0. The second kappa shape index (κ2) is 6.32. The number of hydrogen-bond acceptors (Lipinski definition) is 2. The van der Waals surface area contributed by atoms with Crippen molar-refractivity contribution in [3.63, 3.8) is 0 Å². The van der Waals surface area contributed by atoms with Crippen LogP contribution < -0.4 is 0 Å². The first-order valence-corrected chi connectivity index (χ1v) is 10.4. The number of esters is 1. The summed E-state index contributed by atoms with van der Waals surface area (Å²) in [5, 5.41) is 0. The maximum atomic E-state index is 13.4. The fraction of sp³-hybridized carbons (Fsp3) is 0.955. The molecule has 1 unspecified atom stereocenters. The van der Waals surface area contributed by atoms with Gasteiger partial charge in [0.15, 0.2) is 0 Å². The minimum absolute atomic E-state index is 0.0838. The van der Waals surface area contributed by atoms with Crippen LogP contribution in [-0.4, -0.2) is 11.6 Å². The Morgan fingerprint density at radius 2 is 1.54 bits per heavy atom. The average Bonchev–Trinajstić information content (AvgIpc) is 2.49. The smallest absolute Gasteiger partial charge is 0.312 e. The molecule has 0 aromatic rings. The van der Waals surface area contributed by atoms with E-state index in [4.69, 9.17) is 4.74 Å². The number of carbonyl (C=O) groups excluding carboxylic acids is 1. The summed E-state index contributed by atoms with van der Waals surface area (Å²) in [6, 6.07) is 0. The van der Waals surface area contributed by atoms with Gasteiger partial charge in [-0.15, -0.1) is 0 Å². The molecule has 4 aliphatic rings. The van der Waals surface area contributed by atoms with Crippen molar-refractivity contribution in [2.75, 3.05) is 0 Å². The predicted molar refractivity (Wildman–Crippen MR) is 98.6 cm³/mol. The van der Waals surface area contributed by atoms with Crippen LogP contribution in [0.15, 0.2) is 0 Å². The van der Waals surface area contributed by atoms with Crippen molar-refractivity contribution in [1.29, 1.82) is 0 Å². The lowest BCUT2D eigenvalue weighted by Gasteiger charge is -2.60. The molecule has 4 fully saturated rings. The van der Waals surface area contributed by atoms with Gasteiger partial charge >= 0.3 is 5.97 Å². The number of hydrogen-bond donors (Lipinski definition) is 0. The van der Waals surface area contributed by atoms with Crippen molar-refractivity contribution in [3.8, 4) is 0 Å². The predicted octanol–water partition coefficient (Wildman–Crippen LogP) is 5.84. The topological polar surface area (TPSA) is 26.3 Å². The molecule has 0 spiro atoms. The molecule has 24 heavy (non-hydrogen) atoms. The molecule has 0 N–H and O–H groups in total. The van der Waals surface area contributed by atoms with Crippen molar-refractivity contribution in [3.05, 3.63) is 0 Å². The molecule has 0 amide bonds. The Labute approximate surface area is 149 Å². The maximum Gasteiger partial charge on any atom is 0.312 e. The standard InChI is InChI=1S/C22H38O2/c1-7-22(18-9-16-8-17(11-18)12-19(22)10-16)24-20(23)21(6,15(4)5)13-14(2)3/h14-19H,7-13H2,1-6H3. The molecule has 1 atom stereocenters. The fourth-order valence-electron chi connectivity index (χ4n) is 6.49. The Morgan fingerprint density at radius 1 is 1.04 bits per heavy atom. The third kappa shape index (κ3) is 2.82. The van der Waals surface area contributed by atoms with Crippen molar-refractivity contribution in [1.82, 2.24) is 0 Å². The Bertz CT molecular complexity index is 450. The lowest BCUT2D eigenvalue weighted by Crippen LogP contribution is -2.60. The van der Waals surface area contributed by atoms with Gasteiger partial charge < -0.3 is 4.74 Å². The van der Waals surface area contributed by atoms with Crippen LogP contribution in [0.5, 0.6) is 0 Å². The zero-order chi connectivity index (χ0) is 17.7. The highest BCUT2D eigenvalue weighted by atomic mass is 16.6. The van der Waals surface area contributed by atoms with Gasteiger partial charge in [-0.1, -0.05) is 34.6 Å². The van der Waals surface area contributed by atoms with Crippen LogP contribution in [0.3, 0.4) is 0 Å². The summed E-state index contributed by atoms with van der Waals surface area (Å²) in [5.41, 5.74) is -0.511. The highest BCUT2D eigenvalue weighted by molar-refractivity contribution is 5.77. The summed E-state index contributed by atoms with van der Waals surface area (Å²) >= 11 is 0. The normalized spacial score (nSPS) is 40.2. The molecule has 2 heteroatoms. The molecule has 0 aromatic heterocycles. The Balaban J connectivity index is 1.83. The summed E-state index contributed by atoms with van der Waals surface area (Å²) < 4.78 is 6.55. The molecule has 4 bridgehead atoms. The quantitative estimate of drug-likeness (QED) is 0.570. The first-order valence-electron chi connectivity index (χ1n) is 10.4. The van der Waals surface area contributed by atoms with Crippen molar-refractivity contribution in [2.45, 2.75) is 92.1 Å². The van der Waals surface area contributed by atoms with Crippen molar-refractivity contribution in [2.24, 2.45) is 40.9 Å². The van der Waals surface area contributed by atoms with Crippen LogP contribution in [0, 0.1) is 40.9 Å². The lowest BCUT2D eigenvalue weighted by molar-refractivity contribution is -0.221.